The summed E-state index contributed by atoms with van der Waals surface area (Å²) in [5.41, 5.74) is 0.776. The van der Waals surface area contributed by atoms with Crippen LogP contribution >= 0.6 is 0 Å². The number of carbonyl (C=O) groups is 2. The van der Waals surface area contributed by atoms with Crippen LogP contribution in [0.5, 0.6) is 5.75 Å². The number of sulfonamides is 1. The third-order valence-corrected chi connectivity index (χ3v) is 7.73. The lowest BCUT2D eigenvalue weighted by Crippen LogP contribution is -2.51. The first-order chi connectivity index (χ1) is 14.3. The van der Waals surface area contributed by atoms with E-state index in [0.29, 0.717) is 29.8 Å². The zero-order chi connectivity index (χ0) is 21.5. The number of nitrogens with one attached hydrogen (secondary N) is 1. The minimum Gasteiger partial charge on any atom is -0.490 e. The van der Waals surface area contributed by atoms with Crippen molar-refractivity contribution >= 4 is 21.7 Å². The van der Waals surface area contributed by atoms with Crippen LogP contribution in [0.3, 0.4) is 0 Å². The molecule has 1 aromatic carbocycles. The van der Waals surface area contributed by atoms with Crippen LogP contribution in [0.1, 0.15) is 34.7 Å². The number of rotatable bonds is 4. The summed E-state index contributed by atoms with van der Waals surface area (Å²) in [6.07, 6.45) is 0.736. The second kappa shape index (κ2) is 7.84. The third kappa shape index (κ3) is 3.61. The van der Waals surface area contributed by atoms with Crippen molar-refractivity contribution in [3.63, 3.8) is 0 Å². The van der Waals surface area contributed by atoms with Gasteiger partial charge in [-0.05, 0) is 38.8 Å². The molecule has 2 aromatic rings. The van der Waals surface area contributed by atoms with Crippen molar-refractivity contribution < 1.29 is 27.3 Å². The highest BCUT2D eigenvalue weighted by Crippen LogP contribution is 2.28. The van der Waals surface area contributed by atoms with Crippen LogP contribution in [0, 0.1) is 19.8 Å². The molecular weight excluding hydrogens is 410 g/mol. The summed E-state index contributed by atoms with van der Waals surface area (Å²) in [7, 11) is -3.73. The number of hydrogen-bond donors (Lipinski definition) is 1. The molecular formula is C20H23N3O6S. The van der Waals surface area contributed by atoms with Gasteiger partial charge in [0.25, 0.3) is 0 Å². The number of amides is 1. The number of hydrogen-bond acceptors (Lipinski definition) is 7. The largest absolute Gasteiger partial charge is 0.490 e. The number of aryl methyl sites for hydroxylation is 2. The normalized spacial score (nSPS) is 20.5. The van der Waals surface area contributed by atoms with Gasteiger partial charge < -0.3 is 14.6 Å². The fourth-order valence-corrected chi connectivity index (χ4v) is 5.72. The number of ether oxygens (including phenoxy) is 1. The summed E-state index contributed by atoms with van der Waals surface area (Å²) in [4.78, 5) is 25.4. The second-order valence-electron chi connectivity index (χ2n) is 7.56. The number of nitrogens with zero attached hydrogens (tertiary/aromatic N) is 2. The van der Waals surface area contributed by atoms with Gasteiger partial charge in [0.15, 0.2) is 11.5 Å². The van der Waals surface area contributed by atoms with Gasteiger partial charge in [0.1, 0.15) is 29.0 Å². The van der Waals surface area contributed by atoms with E-state index in [-0.39, 0.29) is 48.0 Å². The predicted octanol–water partition coefficient (Wildman–Crippen LogP) is 1.45. The fourth-order valence-electron chi connectivity index (χ4n) is 3.96. The van der Waals surface area contributed by atoms with E-state index in [2.05, 4.69) is 10.5 Å². The summed E-state index contributed by atoms with van der Waals surface area (Å²) in [6.45, 7) is 3.66. The van der Waals surface area contributed by atoms with Gasteiger partial charge in [-0.1, -0.05) is 17.3 Å². The summed E-state index contributed by atoms with van der Waals surface area (Å²) in [5.74, 6) is -0.0327. The molecule has 1 N–H and O–H groups in total. The molecule has 1 amide bonds. The maximum absolute atomic E-state index is 12.9. The van der Waals surface area contributed by atoms with Crippen molar-refractivity contribution in [2.45, 2.75) is 37.6 Å². The Morgan fingerprint density at radius 1 is 1.20 bits per heavy atom. The van der Waals surface area contributed by atoms with Gasteiger partial charge in [-0.25, -0.2) is 8.42 Å². The van der Waals surface area contributed by atoms with E-state index < -0.39 is 16.1 Å². The van der Waals surface area contributed by atoms with Gasteiger partial charge >= 0.3 is 0 Å². The maximum Gasteiger partial charge on any atom is 0.248 e. The highest BCUT2D eigenvalue weighted by molar-refractivity contribution is 7.89. The molecule has 0 spiro atoms. The highest BCUT2D eigenvalue weighted by atomic mass is 32.2. The number of Topliss-reactive ketones (excluding diaryl/α,β-unsaturated/α-hetero) is 1. The van der Waals surface area contributed by atoms with Crippen molar-refractivity contribution in [1.29, 1.82) is 0 Å². The molecule has 0 bridgehead atoms. The lowest BCUT2D eigenvalue weighted by molar-refractivity contribution is -0.126. The third-order valence-electron chi connectivity index (χ3n) is 5.58. The first-order valence-electron chi connectivity index (χ1n) is 9.78. The smallest absolute Gasteiger partial charge is 0.248 e. The van der Waals surface area contributed by atoms with E-state index in [9.17, 15) is 18.0 Å². The number of fused-ring (bicyclic) bond motifs is 1. The van der Waals surface area contributed by atoms with E-state index in [1.807, 2.05) is 0 Å². The average Bonchev–Trinajstić information content (AvgIpc) is 3.09. The fraction of sp³-hybridized carbons (Fsp3) is 0.450. The molecule has 2 aliphatic heterocycles. The number of ketones is 1. The van der Waals surface area contributed by atoms with Gasteiger partial charge in [0.2, 0.25) is 15.9 Å². The van der Waals surface area contributed by atoms with Crippen LogP contribution in [0.15, 0.2) is 33.7 Å². The van der Waals surface area contributed by atoms with Crippen molar-refractivity contribution in [2.24, 2.45) is 5.92 Å². The Bertz CT molecular complexity index is 1070. The predicted molar refractivity (Wildman–Crippen MR) is 106 cm³/mol. The van der Waals surface area contributed by atoms with Crippen LogP contribution in [0.4, 0.5) is 0 Å². The maximum atomic E-state index is 12.9. The summed E-state index contributed by atoms with van der Waals surface area (Å²) < 4.78 is 37.7. The number of benzene rings is 1. The molecule has 30 heavy (non-hydrogen) atoms. The summed E-state index contributed by atoms with van der Waals surface area (Å²) in [6, 6.07) is 6.19. The van der Waals surface area contributed by atoms with Crippen LogP contribution in [0.2, 0.25) is 0 Å². The molecule has 3 heterocycles. The molecule has 4 rings (SSSR count). The molecule has 1 fully saturated rings. The van der Waals surface area contributed by atoms with E-state index in [1.165, 1.54) is 4.31 Å². The van der Waals surface area contributed by atoms with Crippen molar-refractivity contribution in [1.82, 2.24) is 14.8 Å². The number of carbonyl (C=O) groups excluding carboxylic acids is 2. The Kier molecular flexibility index (Phi) is 5.37. The van der Waals surface area contributed by atoms with Crippen molar-refractivity contribution in [2.75, 3.05) is 19.7 Å². The molecule has 1 saturated heterocycles. The van der Waals surface area contributed by atoms with Gasteiger partial charge in [0.05, 0.1) is 5.56 Å². The van der Waals surface area contributed by atoms with Crippen LogP contribution in [-0.2, 0) is 14.8 Å². The molecule has 10 heteroatoms. The molecule has 1 atom stereocenters. The first kappa shape index (κ1) is 20.5. The zero-order valence-corrected chi connectivity index (χ0v) is 17.6. The Labute approximate surface area is 174 Å². The molecule has 1 unspecified atom stereocenters. The molecule has 1 aromatic heterocycles. The molecule has 160 valence electrons. The van der Waals surface area contributed by atoms with E-state index >= 15 is 0 Å². The molecule has 0 radical (unpaired) electrons. The molecule has 0 saturated carbocycles. The van der Waals surface area contributed by atoms with Crippen molar-refractivity contribution in [3.8, 4) is 5.75 Å². The number of piperidine rings is 1. The first-order valence-corrected chi connectivity index (χ1v) is 11.2. The second-order valence-corrected chi connectivity index (χ2v) is 9.44. The monoisotopic (exact) mass is 433 g/mol. The minimum atomic E-state index is -3.73. The standard InChI is InChI=1S/C20H23N3O6S/c1-12-19(13(2)29-22-12)30(26,27)23-9-7-14(8-10-23)20(25)21-16-11-28-17-6-4-3-5-15(17)18(16)24/h3-6,14,16H,7-11H2,1-2H3,(H,21,25). The van der Waals surface area contributed by atoms with Crippen LogP contribution in [-0.4, -0.2) is 55.3 Å². The highest BCUT2D eigenvalue weighted by Gasteiger charge is 2.37. The van der Waals surface area contributed by atoms with Crippen molar-refractivity contribution in [3.05, 3.63) is 41.3 Å². The Morgan fingerprint density at radius 2 is 1.90 bits per heavy atom. The molecule has 0 aliphatic carbocycles. The van der Waals surface area contributed by atoms with Gasteiger partial charge in [-0.2, -0.15) is 4.31 Å². The molecule has 9 nitrogen and oxygen atoms in total. The number of aromatic nitrogens is 1. The topological polar surface area (TPSA) is 119 Å². The van der Waals surface area contributed by atoms with Gasteiger partial charge in [-0.15, -0.1) is 0 Å². The van der Waals surface area contributed by atoms with E-state index in [1.54, 1.807) is 38.1 Å². The zero-order valence-electron chi connectivity index (χ0n) is 16.8. The van der Waals surface area contributed by atoms with Crippen LogP contribution < -0.4 is 10.1 Å². The number of para-hydroxylation sites is 1. The Balaban J connectivity index is 1.38. The van der Waals surface area contributed by atoms with Gasteiger partial charge in [-0.3, -0.25) is 9.59 Å². The van der Waals surface area contributed by atoms with E-state index in [4.69, 9.17) is 9.26 Å². The summed E-state index contributed by atoms with van der Waals surface area (Å²) in [5, 5.41) is 6.49. The Morgan fingerprint density at radius 3 is 2.57 bits per heavy atom. The Hall–Kier alpha value is -2.72. The quantitative estimate of drug-likeness (QED) is 0.775. The van der Waals surface area contributed by atoms with Gasteiger partial charge in [0, 0.05) is 19.0 Å². The average molecular weight is 433 g/mol. The minimum absolute atomic E-state index is 0.0842. The lowest BCUT2D eigenvalue weighted by atomic mass is 9.95. The SMILES string of the molecule is Cc1noc(C)c1S(=O)(=O)N1CCC(C(=O)NC2COc3ccccc3C2=O)CC1. The van der Waals surface area contributed by atoms with Crippen LogP contribution in [0.25, 0.3) is 0 Å². The lowest BCUT2D eigenvalue weighted by Gasteiger charge is -2.32. The molecule has 2 aliphatic rings. The van der Waals surface area contributed by atoms with E-state index in [0.717, 1.165) is 0 Å². The summed E-state index contributed by atoms with van der Waals surface area (Å²) >= 11 is 0.